The van der Waals surface area contributed by atoms with Crippen molar-refractivity contribution in [2.24, 2.45) is 11.7 Å². The molecule has 1 fully saturated rings. The minimum Gasteiger partial charge on any atom is -0.324 e. The van der Waals surface area contributed by atoms with Crippen molar-refractivity contribution in [3.05, 3.63) is 34.3 Å². The minimum atomic E-state index is 0.182. The van der Waals surface area contributed by atoms with Gasteiger partial charge in [-0.15, -0.1) is 0 Å². The average Bonchev–Trinajstić information content (AvgIpc) is 2.06. The first-order chi connectivity index (χ1) is 6.68. The van der Waals surface area contributed by atoms with Crippen LogP contribution >= 0.6 is 11.6 Å². The number of hydrogen-bond acceptors (Lipinski definition) is 1. The molecule has 2 N–H and O–H groups in total. The molecule has 0 aliphatic heterocycles. The molecular weight excluding hydrogens is 194 g/mol. The fourth-order valence-electron chi connectivity index (χ4n) is 1.89. The van der Waals surface area contributed by atoms with Crippen molar-refractivity contribution >= 4 is 11.6 Å². The Morgan fingerprint density at radius 1 is 1.43 bits per heavy atom. The van der Waals surface area contributed by atoms with Crippen molar-refractivity contribution in [3.63, 3.8) is 0 Å². The third kappa shape index (κ3) is 1.79. The summed E-state index contributed by atoms with van der Waals surface area (Å²) in [5.74, 6) is 0.675. The molecule has 1 saturated carbocycles. The largest absolute Gasteiger partial charge is 0.324 e. The van der Waals surface area contributed by atoms with Crippen LogP contribution in [0.4, 0.5) is 0 Å². The Morgan fingerprint density at radius 2 is 2.14 bits per heavy atom. The van der Waals surface area contributed by atoms with Gasteiger partial charge in [-0.1, -0.05) is 30.2 Å². The Morgan fingerprint density at radius 3 is 2.64 bits per heavy atom. The maximum atomic E-state index is 6.16. The zero-order chi connectivity index (χ0) is 10.1. The average molecular weight is 210 g/mol. The van der Waals surface area contributed by atoms with Gasteiger partial charge < -0.3 is 5.73 Å². The molecule has 0 unspecified atom stereocenters. The highest BCUT2D eigenvalue weighted by Gasteiger charge is 2.25. The van der Waals surface area contributed by atoms with E-state index in [9.17, 15) is 0 Å². The van der Waals surface area contributed by atoms with Crippen molar-refractivity contribution in [2.45, 2.75) is 32.2 Å². The second-order valence-corrected chi connectivity index (χ2v) is 4.63. The van der Waals surface area contributed by atoms with Gasteiger partial charge in [-0.3, -0.25) is 0 Å². The summed E-state index contributed by atoms with van der Waals surface area (Å²) >= 11 is 6.07. The predicted molar refractivity (Wildman–Crippen MR) is 60.5 cm³/mol. The highest BCUT2D eigenvalue weighted by atomic mass is 35.5. The van der Waals surface area contributed by atoms with E-state index in [0.29, 0.717) is 5.92 Å². The third-order valence-corrected chi connectivity index (χ3v) is 3.65. The molecule has 1 nitrogen and oxygen atoms in total. The van der Waals surface area contributed by atoms with Gasteiger partial charge in [-0.25, -0.2) is 0 Å². The monoisotopic (exact) mass is 209 g/mol. The molecule has 0 bridgehead atoms. The lowest BCUT2D eigenvalue weighted by Crippen LogP contribution is -2.26. The maximum absolute atomic E-state index is 6.16. The van der Waals surface area contributed by atoms with Crippen LogP contribution < -0.4 is 5.73 Å². The molecule has 1 aliphatic rings. The van der Waals surface area contributed by atoms with Gasteiger partial charge in [0.25, 0.3) is 0 Å². The van der Waals surface area contributed by atoms with Crippen LogP contribution in [0.25, 0.3) is 0 Å². The van der Waals surface area contributed by atoms with Gasteiger partial charge in [0, 0.05) is 11.1 Å². The number of aryl methyl sites for hydroxylation is 1. The zero-order valence-corrected chi connectivity index (χ0v) is 9.22. The topological polar surface area (TPSA) is 26.0 Å². The van der Waals surface area contributed by atoms with Crippen LogP contribution in [-0.2, 0) is 0 Å². The Bertz CT molecular complexity index is 331. The van der Waals surface area contributed by atoms with E-state index in [1.54, 1.807) is 0 Å². The predicted octanol–water partition coefficient (Wildman–Crippen LogP) is 3.45. The van der Waals surface area contributed by atoms with Gasteiger partial charge in [-0.2, -0.15) is 0 Å². The first kappa shape index (κ1) is 10.0. The molecule has 0 spiro atoms. The van der Waals surface area contributed by atoms with E-state index in [-0.39, 0.29) is 6.04 Å². The Kier molecular flexibility index (Phi) is 2.80. The van der Waals surface area contributed by atoms with Gasteiger partial charge in [0.15, 0.2) is 0 Å². The minimum absolute atomic E-state index is 0.182. The van der Waals surface area contributed by atoms with E-state index in [0.717, 1.165) is 10.6 Å². The quantitative estimate of drug-likeness (QED) is 0.794. The summed E-state index contributed by atoms with van der Waals surface area (Å²) < 4.78 is 0. The van der Waals surface area contributed by atoms with Gasteiger partial charge >= 0.3 is 0 Å². The third-order valence-electron chi connectivity index (χ3n) is 3.24. The summed E-state index contributed by atoms with van der Waals surface area (Å²) in [4.78, 5) is 0. The Hall–Kier alpha value is -0.530. The summed E-state index contributed by atoms with van der Waals surface area (Å²) in [5, 5.41) is 0.831. The lowest BCUT2D eigenvalue weighted by atomic mass is 9.77. The lowest BCUT2D eigenvalue weighted by Gasteiger charge is -2.31. The standard InChI is InChI=1S/C12H16ClN/c1-8-5-6-10(7-11(8)13)12(14)9-3-2-4-9/h5-7,9,12H,2-4,14H2,1H3/t12-/m1/s1. The summed E-state index contributed by atoms with van der Waals surface area (Å²) in [6.07, 6.45) is 3.87. The molecular formula is C12H16ClN. The van der Waals surface area contributed by atoms with Crippen molar-refractivity contribution in [3.8, 4) is 0 Å². The second-order valence-electron chi connectivity index (χ2n) is 4.23. The number of rotatable bonds is 2. The number of benzene rings is 1. The smallest absolute Gasteiger partial charge is 0.0438 e. The molecule has 1 atom stereocenters. The van der Waals surface area contributed by atoms with E-state index < -0.39 is 0 Å². The van der Waals surface area contributed by atoms with Crippen LogP contribution in [0.1, 0.15) is 36.4 Å². The van der Waals surface area contributed by atoms with E-state index in [1.165, 1.54) is 24.8 Å². The van der Waals surface area contributed by atoms with Crippen molar-refractivity contribution in [2.75, 3.05) is 0 Å². The van der Waals surface area contributed by atoms with Crippen molar-refractivity contribution < 1.29 is 0 Å². The van der Waals surface area contributed by atoms with Crippen LogP contribution in [0.5, 0.6) is 0 Å². The van der Waals surface area contributed by atoms with Crippen molar-refractivity contribution in [1.82, 2.24) is 0 Å². The first-order valence-electron chi connectivity index (χ1n) is 5.20. The molecule has 1 aromatic rings. The van der Waals surface area contributed by atoms with Crippen LogP contribution in [0.15, 0.2) is 18.2 Å². The molecule has 2 rings (SSSR count). The molecule has 0 saturated heterocycles. The molecule has 14 heavy (non-hydrogen) atoms. The van der Waals surface area contributed by atoms with Crippen LogP contribution in [-0.4, -0.2) is 0 Å². The molecule has 0 heterocycles. The van der Waals surface area contributed by atoms with Crippen molar-refractivity contribution in [1.29, 1.82) is 0 Å². The van der Waals surface area contributed by atoms with Gasteiger partial charge in [0.2, 0.25) is 0 Å². The highest BCUT2D eigenvalue weighted by Crippen LogP contribution is 2.36. The summed E-state index contributed by atoms with van der Waals surface area (Å²) in [5.41, 5.74) is 8.47. The van der Waals surface area contributed by atoms with Gasteiger partial charge in [-0.05, 0) is 42.9 Å². The fraction of sp³-hybridized carbons (Fsp3) is 0.500. The molecule has 1 aromatic carbocycles. The Labute approximate surface area is 90.3 Å². The molecule has 76 valence electrons. The van der Waals surface area contributed by atoms with Gasteiger partial charge in [0.05, 0.1) is 0 Å². The van der Waals surface area contributed by atoms with Crippen LogP contribution in [0.3, 0.4) is 0 Å². The zero-order valence-electron chi connectivity index (χ0n) is 8.46. The SMILES string of the molecule is Cc1ccc([C@H](N)C2CCC2)cc1Cl. The normalized spacial score (nSPS) is 19.1. The van der Waals surface area contributed by atoms with E-state index in [2.05, 4.69) is 12.1 Å². The highest BCUT2D eigenvalue weighted by molar-refractivity contribution is 6.31. The fourth-order valence-corrected chi connectivity index (χ4v) is 2.08. The molecule has 2 heteroatoms. The first-order valence-corrected chi connectivity index (χ1v) is 5.58. The lowest BCUT2D eigenvalue weighted by molar-refractivity contribution is 0.264. The summed E-state index contributed by atoms with van der Waals surface area (Å²) in [6, 6.07) is 6.35. The second kappa shape index (κ2) is 3.92. The van der Waals surface area contributed by atoms with Crippen LogP contribution in [0, 0.1) is 12.8 Å². The van der Waals surface area contributed by atoms with E-state index in [4.69, 9.17) is 17.3 Å². The molecule has 0 radical (unpaired) electrons. The Balaban J connectivity index is 2.18. The number of halogens is 1. The molecule has 0 aromatic heterocycles. The number of hydrogen-bond donors (Lipinski definition) is 1. The number of nitrogens with two attached hydrogens (primary N) is 1. The van der Waals surface area contributed by atoms with E-state index in [1.807, 2.05) is 13.0 Å². The van der Waals surface area contributed by atoms with Crippen LogP contribution in [0.2, 0.25) is 5.02 Å². The molecule has 0 amide bonds. The summed E-state index contributed by atoms with van der Waals surface area (Å²) in [7, 11) is 0. The summed E-state index contributed by atoms with van der Waals surface area (Å²) in [6.45, 7) is 2.01. The van der Waals surface area contributed by atoms with Gasteiger partial charge in [0.1, 0.15) is 0 Å². The van der Waals surface area contributed by atoms with E-state index >= 15 is 0 Å². The molecule has 1 aliphatic carbocycles. The maximum Gasteiger partial charge on any atom is 0.0438 e.